The van der Waals surface area contributed by atoms with E-state index in [1.165, 1.54) is 54.8 Å². The third-order valence-electron chi connectivity index (χ3n) is 11.9. The zero-order chi connectivity index (χ0) is 37.2. The van der Waals surface area contributed by atoms with Crippen LogP contribution in [0.4, 0.5) is 0 Å². The van der Waals surface area contributed by atoms with E-state index in [4.69, 9.17) is 14.4 Å². The molecular formula is C52H30N4O. The fourth-order valence-corrected chi connectivity index (χ4v) is 9.39. The number of aromatic nitrogens is 4. The smallest absolute Gasteiger partial charge is 0.238 e. The standard InChI is InChI=1S/C52H30N4O/c1-3-13-31(14-4-1)33-23-25-34(26-24-33)48-46-39-19-9-12-22-45(39)57-51(46)54-52(53-48)56-42-20-10-7-17-36(42)40-30-41-37-28-27-35(32-15-5-2-6-16-32)29-44(37)55-43-21-11-8-18-38(43)47(49(41)55)50(40)56/h1-30H. The lowest BCUT2D eigenvalue weighted by Crippen LogP contribution is -2.03. The lowest BCUT2D eigenvalue weighted by molar-refractivity contribution is 0.651. The van der Waals surface area contributed by atoms with Crippen LogP contribution < -0.4 is 0 Å². The van der Waals surface area contributed by atoms with Gasteiger partial charge in [-0.1, -0.05) is 152 Å². The van der Waals surface area contributed by atoms with Crippen molar-refractivity contribution >= 4 is 82.0 Å². The molecule has 264 valence electrons. The van der Waals surface area contributed by atoms with Gasteiger partial charge in [-0.15, -0.1) is 0 Å². The van der Waals surface area contributed by atoms with Gasteiger partial charge in [0.2, 0.25) is 11.7 Å². The molecule has 0 aliphatic rings. The van der Waals surface area contributed by atoms with Crippen molar-refractivity contribution in [2.75, 3.05) is 0 Å². The van der Waals surface area contributed by atoms with Gasteiger partial charge in [0.25, 0.3) is 0 Å². The summed E-state index contributed by atoms with van der Waals surface area (Å²) in [6.07, 6.45) is 0. The molecule has 0 radical (unpaired) electrons. The minimum absolute atomic E-state index is 0.565. The fraction of sp³-hybridized carbons (Fsp3) is 0. The van der Waals surface area contributed by atoms with Crippen LogP contribution in [0.15, 0.2) is 186 Å². The summed E-state index contributed by atoms with van der Waals surface area (Å²) in [6.45, 7) is 0. The summed E-state index contributed by atoms with van der Waals surface area (Å²) in [6, 6.07) is 64.7. The summed E-state index contributed by atoms with van der Waals surface area (Å²) in [7, 11) is 0. The molecule has 0 unspecified atom stereocenters. The van der Waals surface area contributed by atoms with Crippen LogP contribution in [0.1, 0.15) is 0 Å². The molecule has 0 spiro atoms. The number of benzene rings is 8. The van der Waals surface area contributed by atoms with Gasteiger partial charge in [-0.05, 0) is 52.6 Å². The average Bonchev–Trinajstić information content (AvgIpc) is 4.02. The van der Waals surface area contributed by atoms with Gasteiger partial charge >= 0.3 is 0 Å². The SMILES string of the molecule is c1ccc(-c2ccc(-c3nc(-n4c5ccccc5c5cc6c7ccc(-c8ccccc8)cc7n7c8ccccc8c(c54)c67)nc4oc5ccccc5c34)cc2)cc1. The maximum Gasteiger partial charge on any atom is 0.238 e. The number of fused-ring (bicyclic) bond motifs is 13. The van der Waals surface area contributed by atoms with E-state index in [9.17, 15) is 0 Å². The highest BCUT2D eigenvalue weighted by Crippen LogP contribution is 2.47. The summed E-state index contributed by atoms with van der Waals surface area (Å²) in [5.41, 5.74) is 13.6. The second kappa shape index (κ2) is 11.4. The quantitative estimate of drug-likeness (QED) is 0.181. The molecule has 5 heterocycles. The van der Waals surface area contributed by atoms with Gasteiger partial charge in [0, 0.05) is 43.3 Å². The normalized spacial score (nSPS) is 12.2. The number of furan rings is 1. The second-order valence-electron chi connectivity index (χ2n) is 14.9. The number of hydrogen-bond donors (Lipinski definition) is 0. The van der Waals surface area contributed by atoms with Crippen LogP contribution >= 0.6 is 0 Å². The third kappa shape index (κ3) is 4.23. The van der Waals surface area contributed by atoms with Crippen LogP contribution in [-0.4, -0.2) is 18.9 Å². The molecule has 0 saturated heterocycles. The molecule has 13 rings (SSSR count). The van der Waals surface area contributed by atoms with E-state index in [1.54, 1.807) is 0 Å². The number of rotatable bonds is 4. The van der Waals surface area contributed by atoms with Gasteiger partial charge in [0.15, 0.2) is 0 Å². The van der Waals surface area contributed by atoms with Crippen molar-refractivity contribution in [2.45, 2.75) is 0 Å². The molecular weight excluding hydrogens is 697 g/mol. The molecule has 0 atom stereocenters. The molecule has 0 bridgehead atoms. The summed E-state index contributed by atoms with van der Waals surface area (Å²) >= 11 is 0. The molecule has 0 aliphatic heterocycles. The molecule has 0 saturated carbocycles. The van der Waals surface area contributed by atoms with Crippen molar-refractivity contribution in [3.63, 3.8) is 0 Å². The molecule has 5 heteroatoms. The molecule has 13 aromatic rings. The lowest BCUT2D eigenvalue weighted by atomic mass is 10.0. The predicted molar refractivity (Wildman–Crippen MR) is 235 cm³/mol. The zero-order valence-corrected chi connectivity index (χ0v) is 30.5. The van der Waals surface area contributed by atoms with Crippen molar-refractivity contribution in [3.05, 3.63) is 182 Å². The maximum atomic E-state index is 6.58. The van der Waals surface area contributed by atoms with Crippen molar-refractivity contribution < 1.29 is 4.42 Å². The monoisotopic (exact) mass is 726 g/mol. The molecule has 0 aliphatic carbocycles. The molecule has 0 fully saturated rings. The molecule has 5 aromatic heterocycles. The minimum atomic E-state index is 0.565. The maximum absolute atomic E-state index is 6.58. The van der Waals surface area contributed by atoms with E-state index in [0.717, 1.165) is 55.0 Å². The van der Waals surface area contributed by atoms with Crippen molar-refractivity contribution in [1.29, 1.82) is 0 Å². The fourth-order valence-electron chi connectivity index (χ4n) is 9.39. The van der Waals surface area contributed by atoms with Crippen LogP contribution in [-0.2, 0) is 0 Å². The molecule has 0 N–H and O–H groups in total. The highest BCUT2D eigenvalue weighted by atomic mass is 16.3. The van der Waals surface area contributed by atoms with Crippen LogP contribution in [0, 0.1) is 0 Å². The number of para-hydroxylation sites is 3. The Hall–Kier alpha value is -7.76. The Morgan fingerprint density at radius 1 is 0.368 bits per heavy atom. The Bertz CT molecular complexity index is 3730. The van der Waals surface area contributed by atoms with E-state index in [0.29, 0.717) is 11.7 Å². The molecule has 5 nitrogen and oxygen atoms in total. The predicted octanol–water partition coefficient (Wildman–Crippen LogP) is 13.6. The van der Waals surface area contributed by atoms with E-state index < -0.39 is 0 Å². The van der Waals surface area contributed by atoms with Crippen LogP contribution in [0.3, 0.4) is 0 Å². The zero-order valence-electron chi connectivity index (χ0n) is 30.5. The van der Waals surface area contributed by atoms with E-state index in [1.807, 2.05) is 24.3 Å². The van der Waals surface area contributed by atoms with Crippen molar-refractivity contribution in [2.24, 2.45) is 0 Å². The Balaban J connectivity index is 1.15. The molecule has 0 amide bonds. The number of hydrogen-bond acceptors (Lipinski definition) is 3. The second-order valence-corrected chi connectivity index (χ2v) is 14.9. The Morgan fingerprint density at radius 2 is 0.947 bits per heavy atom. The first-order valence-corrected chi connectivity index (χ1v) is 19.3. The first kappa shape index (κ1) is 30.6. The molecule has 8 aromatic carbocycles. The average molecular weight is 727 g/mol. The van der Waals surface area contributed by atoms with Gasteiger partial charge < -0.3 is 8.82 Å². The Morgan fingerprint density at radius 3 is 1.74 bits per heavy atom. The van der Waals surface area contributed by atoms with Crippen LogP contribution in [0.25, 0.3) is 121 Å². The van der Waals surface area contributed by atoms with Gasteiger partial charge in [0.05, 0.1) is 38.7 Å². The largest absolute Gasteiger partial charge is 0.437 e. The highest BCUT2D eigenvalue weighted by Gasteiger charge is 2.26. The third-order valence-corrected chi connectivity index (χ3v) is 11.9. The summed E-state index contributed by atoms with van der Waals surface area (Å²) in [5, 5.41) is 9.08. The lowest BCUT2D eigenvalue weighted by Gasteiger charge is -2.11. The van der Waals surface area contributed by atoms with Crippen LogP contribution in [0.2, 0.25) is 0 Å². The summed E-state index contributed by atoms with van der Waals surface area (Å²) in [5.74, 6) is 0.573. The summed E-state index contributed by atoms with van der Waals surface area (Å²) in [4.78, 5) is 10.8. The first-order valence-electron chi connectivity index (χ1n) is 19.3. The van der Waals surface area contributed by atoms with E-state index in [-0.39, 0.29) is 0 Å². The molecule has 57 heavy (non-hydrogen) atoms. The Kier molecular flexibility index (Phi) is 6.10. The minimum Gasteiger partial charge on any atom is -0.437 e. The van der Waals surface area contributed by atoms with Gasteiger partial charge in [-0.2, -0.15) is 4.98 Å². The highest BCUT2D eigenvalue weighted by molar-refractivity contribution is 6.34. The topological polar surface area (TPSA) is 48.3 Å². The Labute approximate surface area is 325 Å². The number of nitrogens with zero attached hydrogens (tertiary/aromatic N) is 4. The first-order chi connectivity index (χ1) is 28.3. The van der Waals surface area contributed by atoms with E-state index in [2.05, 4.69) is 167 Å². The van der Waals surface area contributed by atoms with Crippen molar-refractivity contribution in [1.82, 2.24) is 18.9 Å². The van der Waals surface area contributed by atoms with Gasteiger partial charge in [-0.25, -0.2) is 4.98 Å². The van der Waals surface area contributed by atoms with E-state index >= 15 is 0 Å². The van der Waals surface area contributed by atoms with Crippen LogP contribution in [0.5, 0.6) is 0 Å². The van der Waals surface area contributed by atoms with Gasteiger partial charge in [-0.3, -0.25) is 4.57 Å². The summed E-state index contributed by atoms with van der Waals surface area (Å²) < 4.78 is 11.3. The van der Waals surface area contributed by atoms with Crippen molar-refractivity contribution in [3.8, 4) is 39.5 Å². The van der Waals surface area contributed by atoms with Gasteiger partial charge in [0.1, 0.15) is 5.58 Å².